The van der Waals surface area contributed by atoms with E-state index in [1.165, 1.54) is 0 Å². The van der Waals surface area contributed by atoms with Crippen LogP contribution in [-0.4, -0.2) is 30.8 Å². The van der Waals surface area contributed by atoms with Crippen molar-refractivity contribution in [3.8, 4) is 11.5 Å². The van der Waals surface area contributed by atoms with Crippen LogP contribution in [0.25, 0.3) is 0 Å². The van der Waals surface area contributed by atoms with Crippen molar-refractivity contribution in [1.29, 1.82) is 0 Å². The van der Waals surface area contributed by atoms with E-state index in [1.54, 1.807) is 31.3 Å². The van der Waals surface area contributed by atoms with Gasteiger partial charge in [0.25, 0.3) is 5.91 Å². The Morgan fingerprint density at radius 2 is 2.03 bits per heavy atom. The maximum absolute atomic E-state index is 12.3. The van der Waals surface area contributed by atoms with Gasteiger partial charge in [-0.15, -0.1) is 11.8 Å². The average molecular weight is 542 g/mol. The molecule has 0 saturated carbocycles. The van der Waals surface area contributed by atoms with E-state index in [4.69, 9.17) is 9.47 Å². The quantitative estimate of drug-likeness (QED) is 0.190. The van der Waals surface area contributed by atoms with Crippen LogP contribution in [0.3, 0.4) is 0 Å². The predicted molar refractivity (Wildman–Crippen MR) is 141 cm³/mol. The molecule has 6 nitrogen and oxygen atoms in total. The number of aryl methyl sites for hydroxylation is 1. The van der Waals surface area contributed by atoms with Crippen molar-refractivity contribution < 1.29 is 14.3 Å². The summed E-state index contributed by atoms with van der Waals surface area (Å²) in [6.45, 7) is 6.05. The summed E-state index contributed by atoms with van der Waals surface area (Å²) in [5.74, 6) is 2.15. The van der Waals surface area contributed by atoms with Crippen molar-refractivity contribution in [1.82, 2.24) is 10.4 Å². The van der Waals surface area contributed by atoms with Gasteiger partial charge in [0.2, 0.25) is 0 Å². The van der Waals surface area contributed by atoms with Gasteiger partial charge < -0.3 is 9.47 Å². The lowest BCUT2D eigenvalue weighted by atomic mass is 10.0. The van der Waals surface area contributed by atoms with Crippen LogP contribution in [0.5, 0.6) is 11.5 Å². The molecule has 1 N–H and O–H groups in total. The number of ether oxygens (including phenoxy) is 2. The summed E-state index contributed by atoms with van der Waals surface area (Å²) in [7, 11) is 1.65. The molecule has 178 valence electrons. The molecule has 0 bridgehead atoms. The van der Waals surface area contributed by atoms with E-state index in [0.717, 1.165) is 37.5 Å². The summed E-state index contributed by atoms with van der Waals surface area (Å²) < 4.78 is 12.3. The standard InChI is InChI=1S/C26H28BrN3O3S/c1-17(2)21-13-22(27)18(3)11-24(21)33-15-25(31)30-29-14-19-8-9-23(32-4)20(12-19)16-34-26-7-5-6-10-28-26/h5-14,17H,15-16H2,1-4H3,(H,30,31)/b29-14-. The van der Waals surface area contributed by atoms with E-state index >= 15 is 0 Å². The third-order valence-electron chi connectivity index (χ3n) is 4.99. The van der Waals surface area contributed by atoms with Crippen LogP contribution in [0.4, 0.5) is 0 Å². The molecule has 0 saturated heterocycles. The van der Waals surface area contributed by atoms with Crippen molar-refractivity contribution in [2.24, 2.45) is 5.10 Å². The minimum Gasteiger partial charge on any atom is -0.496 e. The minimum atomic E-state index is -0.328. The normalized spacial score (nSPS) is 11.1. The number of nitrogens with one attached hydrogen (secondary N) is 1. The first-order valence-electron chi connectivity index (χ1n) is 10.8. The fraction of sp³-hybridized carbons (Fsp3) is 0.269. The molecule has 0 aliphatic rings. The molecule has 0 aliphatic heterocycles. The monoisotopic (exact) mass is 541 g/mol. The van der Waals surface area contributed by atoms with E-state index in [-0.39, 0.29) is 18.4 Å². The molecule has 1 heterocycles. The molecule has 0 spiro atoms. The smallest absolute Gasteiger partial charge is 0.277 e. The van der Waals surface area contributed by atoms with Crippen LogP contribution in [0, 0.1) is 6.92 Å². The molecular formula is C26H28BrN3O3S. The fourth-order valence-electron chi connectivity index (χ4n) is 3.18. The predicted octanol–water partition coefficient (Wildman–Crippen LogP) is 6.11. The molecule has 0 unspecified atom stereocenters. The van der Waals surface area contributed by atoms with Crippen molar-refractivity contribution >= 4 is 39.8 Å². The number of carbonyl (C=O) groups is 1. The van der Waals surface area contributed by atoms with Crippen LogP contribution < -0.4 is 14.9 Å². The first-order chi connectivity index (χ1) is 16.4. The molecule has 1 amide bonds. The number of hydrazone groups is 1. The molecule has 2 aromatic carbocycles. The van der Waals surface area contributed by atoms with Crippen LogP contribution in [-0.2, 0) is 10.5 Å². The molecule has 1 aromatic heterocycles. The molecule has 3 rings (SSSR count). The summed E-state index contributed by atoms with van der Waals surface area (Å²) in [6, 6.07) is 15.6. The fourth-order valence-corrected chi connectivity index (χ4v) is 4.38. The Balaban J connectivity index is 1.58. The van der Waals surface area contributed by atoms with Crippen LogP contribution >= 0.6 is 27.7 Å². The number of amides is 1. The van der Waals surface area contributed by atoms with Gasteiger partial charge in [0.05, 0.1) is 18.4 Å². The van der Waals surface area contributed by atoms with E-state index in [2.05, 4.69) is 45.3 Å². The number of nitrogens with zero attached hydrogens (tertiary/aromatic N) is 2. The Bertz CT molecular complexity index is 1150. The summed E-state index contributed by atoms with van der Waals surface area (Å²) in [4.78, 5) is 16.6. The second-order valence-corrected chi connectivity index (χ2v) is 9.75. The summed E-state index contributed by atoms with van der Waals surface area (Å²) >= 11 is 5.18. The first-order valence-corrected chi connectivity index (χ1v) is 12.6. The van der Waals surface area contributed by atoms with Crippen LogP contribution in [0.15, 0.2) is 69.3 Å². The van der Waals surface area contributed by atoms with E-state index in [1.807, 2.05) is 55.5 Å². The van der Waals surface area contributed by atoms with Gasteiger partial charge >= 0.3 is 0 Å². The van der Waals surface area contributed by atoms with Gasteiger partial charge in [-0.25, -0.2) is 10.4 Å². The molecule has 0 fully saturated rings. The lowest BCUT2D eigenvalue weighted by molar-refractivity contribution is -0.123. The zero-order chi connectivity index (χ0) is 24.5. The third-order valence-corrected chi connectivity index (χ3v) is 6.84. The number of carbonyl (C=O) groups excluding carboxylic acids is 1. The van der Waals surface area contributed by atoms with Gasteiger partial charge in [-0.05, 0) is 72.0 Å². The number of thioether (sulfide) groups is 1. The number of hydrogen-bond donors (Lipinski definition) is 1. The van der Waals surface area contributed by atoms with Crippen molar-refractivity contribution in [2.75, 3.05) is 13.7 Å². The van der Waals surface area contributed by atoms with Gasteiger partial charge in [0.1, 0.15) is 11.5 Å². The number of pyridine rings is 1. The Morgan fingerprint density at radius 3 is 2.74 bits per heavy atom. The average Bonchev–Trinajstić information content (AvgIpc) is 2.83. The Morgan fingerprint density at radius 1 is 1.21 bits per heavy atom. The Labute approximate surface area is 213 Å². The van der Waals surface area contributed by atoms with Crippen molar-refractivity contribution in [3.63, 3.8) is 0 Å². The largest absolute Gasteiger partial charge is 0.496 e. The van der Waals surface area contributed by atoms with Gasteiger partial charge in [-0.2, -0.15) is 5.10 Å². The summed E-state index contributed by atoms with van der Waals surface area (Å²) in [6.07, 6.45) is 3.38. The SMILES string of the molecule is COc1ccc(/C=N\NC(=O)COc2cc(C)c(Br)cc2C(C)C)cc1CSc1ccccn1. The zero-order valence-corrected chi connectivity index (χ0v) is 22.1. The highest BCUT2D eigenvalue weighted by Crippen LogP contribution is 2.32. The van der Waals surface area contributed by atoms with Crippen molar-refractivity contribution in [3.05, 3.63) is 81.5 Å². The second-order valence-electron chi connectivity index (χ2n) is 7.90. The number of benzene rings is 2. The van der Waals surface area contributed by atoms with Crippen LogP contribution in [0.2, 0.25) is 0 Å². The van der Waals surface area contributed by atoms with Gasteiger partial charge in [0, 0.05) is 22.0 Å². The second kappa shape index (κ2) is 12.6. The maximum Gasteiger partial charge on any atom is 0.277 e. The zero-order valence-electron chi connectivity index (χ0n) is 19.7. The molecule has 8 heteroatoms. The molecule has 34 heavy (non-hydrogen) atoms. The molecule has 3 aromatic rings. The lowest BCUT2D eigenvalue weighted by Crippen LogP contribution is -2.25. The van der Waals surface area contributed by atoms with E-state index in [9.17, 15) is 4.79 Å². The van der Waals surface area contributed by atoms with Gasteiger partial charge in [-0.1, -0.05) is 35.8 Å². The highest BCUT2D eigenvalue weighted by molar-refractivity contribution is 9.10. The van der Waals surface area contributed by atoms with E-state index < -0.39 is 0 Å². The summed E-state index contributed by atoms with van der Waals surface area (Å²) in [5, 5.41) is 5.03. The van der Waals surface area contributed by atoms with Gasteiger partial charge in [0.15, 0.2) is 6.61 Å². The third kappa shape index (κ3) is 7.33. The number of aromatic nitrogens is 1. The summed E-state index contributed by atoms with van der Waals surface area (Å²) in [5.41, 5.74) is 6.50. The van der Waals surface area contributed by atoms with E-state index in [0.29, 0.717) is 11.5 Å². The topological polar surface area (TPSA) is 72.8 Å². The maximum atomic E-state index is 12.3. The lowest BCUT2D eigenvalue weighted by Gasteiger charge is -2.15. The number of rotatable bonds is 10. The minimum absolute atomic E-state index is 0.118. The number of halogens is 1. The Hall–Kier alpha value is -2.84. The van der Waals surface area contributed by atoms with Gasteiger partial charge in [-0.3, -0.25) is 4.79 Å². The highest BCUT2D eigenvalue weighted by Gasteiger charge is 2.12. The number of hydrogen-bond acceptors (Lipinski definition) is 6. The molecule has 0 atom stereocenters. The molecule has 0 radical (unpaired) electrons. The van der Waals surface area contributed by atoms with Crippen molar-refractivity contribution in [2.45, 2.75) is 37.5 Å². The first kappa shape index (κ1) is 25.8. The molecule has 0 aliphatic carbocycles. The highest BCUT2D eigenvalue weighted by atomic mass is 79.9. The van der Waals surface area contributed by atoms with Crippen LogP contribution in [0.1, 0.15) is 42.0 Å². The molecular weight excluding hydrogens is 514 g/mol. The Kier molecular flexibility index (Phi) is 9.53. The number of methoxy groups -OCH3 is 1.